The lowest BCUT2D eigenvalue weighted by Crippen LogP contribution is -2.52. The Bertz CT molecular complexity index is 1380. The van der Waals surface area contributed by atoms with Gasteiger partial charge in [0.2, 0.25) is 0 Å². The molecule has 0 spiro atoms. The molecule has 0 unspecified atom stereocenters. The number of ketones is 1. The van der Waals surface area contributed by atoms with Crippen LogP contribution in [-0.2, 0) is 15.1 Å². The molecule has 0 atom stereocenters. The number of Topliss-reactive ketones (excluding diaryl/α,β-unsaturated/α-hetero) is 1. The Morgan fingerprint density at radius 3 is 1.85 bits per heavy atom. The van der Waals surface area contributed by atoms with Gasteiger partial charge >= 0.3 is 6.09 Å². The third-order valence-electron chi connectivity index (χ3n) is 6.77. The fourth-order valence-electron chi connectivity index (χ4n) is 5.16. The van der Waals surface area contributed by atoms with E-state index in [2.05, 4.69) is 87.8 Å². The molecule has 7 heteroatoms. The topological polar surface area (TPSA) is 77.3 Å². The molecule has 3 aromatic carbocycles. The highest BCUT2D eigenvalue weighted by molar-refractivity contribution is 6.00. The summed E-state index contributed by atoms with van der Waals surface area (Å²) in [5, 5.41) is 4.27. The molecule has 0 N–H and O–H groups in total. The van der Waals surface area contributed by atoms with Gasteiger partial charge in [-0.2, -0.15) is 4.68 Å². The van der Waals surface area contributed by atoms with Crippen molar-refractivity contribution in [1.29, 1.82) is 0 Å². The van der Waals surface area contributed by atoms with Crippen LogP contribution in [0.3, 0.4) is 0 Å². The van der Waals surface area contributed by atoms with E-state index in [0.717, 1.165) is 21.4 Å². The van der Waals surface area contributed by atoms with E-state index in [1.54, 1.807) is 26.8 Å². The number of aromatic nitrogens is 3. The average molecular weight is 521 g/mol. The van der Waals surface area contributed by atoms with Gasteiger partial charge in [-0.05, 0) is 43.5 Å². The van der Waals surface area contributed by atoms with Crippen LogP contribution < -0.4 is 0 Å². The first-order chi connectivity index (χ1) is 18.8. The zero-order valence-electron chi connectivity index (χ0n) is 22.4. The van der Waals surface area contributed by atoms with Crippen LogP contribution in [0.15, 0.2) is 103 Å². The molecule has 2 heterocycles. The monoisotopic (exact) mass is 520 g/mol. The molecule has 1 aromatic heterocycles. The highest BCUT2D eigenvalue weighted by Gasteiger charge is 2.44. The Morgan fingerprint density at radius 2 is 1.36 bits per heavy atom. The van der Waals surface area contributed by atoms with E-state index >= 15 is 0 Å². The summed E-state index contributed by atoms with van der Waals surface area (Å²) in [5.74, 6) is 0.332. The van der Waals surface area contributed by atoms with E-state index in [-0.39, 0.29) is 11.6 Å². The molecular weight excluding hydrogens is 488 g/mol. The Labute approximate surface area is 228 Å². The smallest absolute Gasteiger partial charge is 0.436 e. The van der Waals surface area contributed by atoms with Crippen LogP contribution >= 0.6 is 0 Å². The normalized spacial score (nSPS) is 15.9. The van der Waals surface area contributed by atoms with Crippen LogP contribution in [0.1, 0.15) is 49.7 Å². The molecule has 4 aromatic rings. The van der Waals surface area contributed by atoms with Crippen molar-refractivity contribution in [3.8, 4) is 0 Å². The second-order valence-corrected chi connectivity index (χ2v) is 10.6. The zero-order valence-corrected chi connectivity index (χ0v) is 22.4. The van der Waals surface area contributed by atoms with Crippen LogP contribution in [0, 0.1) is 0 Å². The molecule has 0 bridgehead atoms. The number of rotatable bonds is 5. The Morgan fingerprint density at radius 1 is 0.846 bits per heavy atom. The van der Waals surface area contributed by atoms with Crippen molar-refractivity contribution in [3.05, 3.63) is 125 Å². The van der Waals surface area contributed by atoms with E-state index in [1.807, 2.05) is 18.2 Å². The van der Waals surface area contributed by atoms with Crippen molar-refractivity contribution < 1.29 is 14.3 Å². The number of carbonyl (C=O) groups excluding carboxylic acids is 2. The van der Waals surface area contributed by atoms with E-state index in [1.165, 1.54) is 6.33 Å². The number of likely N-dealkylation sites (tertiary alicyclic amines) is 1. The van der Waals surface area contributed by atoms with Crippen molar-refractivity contribution >= 4 is 18.0 Å². The fourth-order valence-corrected chi connectivity index (χ4v) is 5.16. The fraction of sp³-hybridized carbons (Fsp3) is 0.250. The molecule has 1 aliphatic rings. The lowest BCUT2D eigenvalue weighted by atomic mass is 9.74. The molecule has 7 nitrogen and oxygen atoms in total. The lowest BCUT2D eigenvalue weighted by Gasteiger charge is -2.47. The number of piperidine rings is 1. The second-order valence-electron chi connectivity index (χ2n) is 10.6. The van der Waals surface area contributed by atoms with Crippen LogP contribution in [0.4, 0.5) is 4.79 Å². The summed E-state index contributed by atoms with van der Waals surface area (Å²) < 4.78 is 6.44. The molecule has 0 amide bonds. The molecule has 198 valence electrons. The predicted octanol–water partition coefficient (Wildman–Crippen LogP) is 5.71. The second kappa shape index (κ2) is 10.8. The summed E-state index contributed by atoms with van der Waals surface area (Å²) in [4.78, 5) is 32.2. The summed E-state index contributed by atoms with van der Waals surface area (Å²) in [5.41, 5.74) is 2.65. The average Bonchev–Trinajstić information content (AvgIpc) is 3.41. The van der Waals surface area contributed by atoms with Gasteiger partial charge in [0.15, 0.2) is 11.6 Å². The largest absolute Gasteiger partial charge is 0.442 e. The first-order valence-corrected chi connectivity index (χ1v) is 13.1. The van der Waals surface area contributed by atoms with Crippen LogP contribution in [0.2, 0.25) is 0 Å². The highest BCUT2D eigenvalue weighted by atomic mass is 16.6. The molecule has 1 aliphatic heterocycles. The molecule has 1 saturated heterocycles. The van der Waals surface area contributed by atoms with Crippen LogP contribution in [0.25, 0.3) is 6.08 Å². The number of hydrogen-bond acceptors (Lipinski definition) is 6. The quantitative estimate of drug-likeness (QED) is 0.248. The Kier molecular flexibility index (Phi) is 7.26. The predicted molar refractivity (Wildman–Crippen MR) is 150 cm³/mol. The minimum absolute atomic E-state index is 0.0444. The van der Waals surface area contributed by atoms with Gasteiger partial charge in [-0.3, -0.25) is 9.69 Å². The van der Waals surface area contributed by atoms with E-state index < -0.39 is 17.2 Å². The van der Waals surface area contributed by atoms with Crippen LogP contribution in [-0.4, -0.2) is 50.2 Å². The lowest BCUT2D eigenvalue weighted by molar-refractivity contribution is -0.117. The first-order valence-electron chi connectivity index (χ1n) is 13.1. The minimum atomic E-state index is -0.656. The van der Waals surface area contributed by atoms with Crippen molar-refractivity contribution in [2.75, 3.05) is 13.1 Å². The van der Waals surface area contributed by atoms with Gasteiger partial charge in [0.05, 0.1) is 5.54 Å². The highest BCUT2D eigenvalue weighted by Crippen LogP contribution is 2.43. The van der Waals surface area contributed by atoms with Crippen molar-refractivity contribution in [2.24, 2.45) is 0 Å². The third-order valence-corrected chi connectivity index (χ3v) is 6.77. The SMILES string of the molecule is CC(C)(C)OC(=O)n1cnc(/C=C2/CN(C(c3ccccc3)(c3ccccc3)c3ccccc3)CCC2=O)n1. The number of carbonyl (C=O) groups is 2. The molecule has 0 aliphatic carbocycles. The first kappa shape index (κ1) is 26.3. The van der Waals surface area contributed by atoms with Gasteiger partial charge in [-0.15, -0.1) is 5.10 Å². The summed E-state index contributed by atoms with van der Waals surface area (Å²) in [6.07, 6.45) is 2.73. The number of nitrogens with zero attached hydrogens (tertiary/aromatic N) is 4. The third kappa shape index (κ3) is 5.45. The van der Waals surface area contributed by atoms with Gasteiger partial charge in [0.25, 0.3) is 0 Å². The maximum atomic E-state index is 13.2. The van der Waals surface area contributed by atoms with Crippen molar-refractivity contribution in [1.82, 2.24) is 19.7 Å². The summed E-state index contributed by atoms with van der Waals surface area (Å²) in [6.45, 7) is 6.34. The summed E-state index contributed by atoms with van der Waals surface area (Å²) in [6, 6.07) is 31.2. The molecule has 5 rings (SSSR count). The van der Waals surface area contributed by atoms with E-state index in [0.29, 0.717) is 25.1 Å². The Balaban J connectivity index is 1.58. The number of benzene rings is 3. The Hall–Kier alpha value is -4.36. The number of ether oxygens (including phenoxy) is 1. The molecule has 0 radical (unpaired) electrons. The summed E-state index contributed by atoms with van der Waals surface area (Å²) >= 11 is 0. The maximum Gasteiger partial charge on any atom is 0.436 e. The van der Waals surface area contributed by atoms with Gasteiger partial charge in [0.1, 0.15) is 11.9 Å². The van der Waals surface area contributed by atoms with E-state index in [4.69, 9.17) is 4.74 Å². The molecular formula is C32H32N4O3. The van der Waals surface area contributed by atoms with Gasteiger partial charge in [0, 0.05) is 25.1 Å². The number of hydrogen-bond donors (Lipinski definition) is 0. The molecule has 39 heavy (non-hydrogen) atoms. The molecule has 0 saturated carbocycles. The maximum absolute atomic E-state index is 13.2. The summed E-state index contributed by atoms with van der Waals surface area (Å²) in [7, 11) is 0. The van der Waals surface area contributed by atoms with Gasteiger partial charge in [-0.25, -0.2) is 9.78 Å². The van der Waals surface area contributed by atoms with Crippen LogP contribution in [0.5, 0.6) is 0 Å². The van der Waals surface area contributed by atoms with Gasteiger partial charge < -0.3 is 4.74 Å². The zero-order chi connectivity index (χ0) is 27.5. The van der Waals surface area contributed by atoms with E-state index in [9.17, 15) is 9.59 Å². The minimum Gasteiger partial charge on any atom is -0.442 e. The van der Waals surface area contributed by atoms with Crippen molar-refractivity contribution in [3.63, 3.8) is 0 Å². The van der Waals surface area contributed by atoms with Crippen molar-refractivity contribution in [2.45, 2.75) is 38.3 Å². The van der Waals surface area contributed by atoms with Gasteiger partial charge in [-0.1, -0.05) is 91.0 Å². The molecule has 1 fully saturated rings. The standard InChI is InChI=1S/C32H32N4O3/c1-31(2,3)39-30(38)36-23-33-29(34-36)21-24-22-35(20-19-28(24)37)32(25-13-7-4-8-14-25,26-15-9-5-10-16-26)27-17-11-6-12-18-27/h4-18,21,23H,19-20,22H2,1-3H3/b24-21-.